The Labute approximate surface area is 81.2 Å². The van der Waals surface area contributed by atoms with E-state index in [0.717, 1.165) is 0 Å². The Hall–Kier alpha value is -0.820. The molecule has 0 amide bonds. The second-order valence-corrected chi connectivity index (χ2v) is 3.57. The fraction of sp³-hybridized carbons (Fsp3) is 0.500. The quantitative estimate of drug-likeness (QED) is 0.729. The summed E-state index contributed by atoms with van der Waals surface area (Å²) in [5, 5.41) is 3.25. The van der Waals surface area contributed by atoms with E-state index in [0.29, 0.717) is 6.04 Å². The van der Waals surface area contributed by atoms with Crippen LogP contribution in [0.4, 0.5) is 0 Å². The Balaban J connectivity index is 2.20. The molecule has 1 aromatic carbocycles. The van der Waals surface area contributed by atoms with Gasteiger partial charge in [-0.2, -0.15) is 0 Å². The van der Waals surface area contributed by atoms with E-state index in [-0.39, 0.29) is 0 Å². The standard InChI is InChI=1S/C12H19N/c1-11(13-2)7-6-10-12-8-4-3-5-9-12/h3-5,8-9,11,13H,6-7,10H2,1-2H3. The van der Waals surface area contributed by atoms with Gasteiger partial charge in [0.25, 0.3) is 0 Å². The second-order valence-electron chi connectivity index (χ2n) is 3.57. The summed E-state index contributed by atoms with van der Waals surface area (Å²) in [5.74, 6) is 0. The van der Waals surface area contributed by atoms with Crippen LogP contribution < -0.4 is 5.32 Å². The molecule has 0 radical (unpaired) electrons. The molecule has 0 bridgehead atoms. The van der Waals surface area contributed by atoms with Crippen molar-refractivity contribution in [1.29, 1.82) is 0 Å². The van der Waals surface area contributed by atoms with E-state index in [2.05, 4.69) is 42.6 Å². The fourth-order valence-electron chi connectivity index (χ4n) is 1.40. The zero-order valence-electron chi connectivity index (χ0n) is 8.59. The predicted molar refractivity (Wildman–Crippen MR) is 57.9 cm³/mol. The normalized spacial score (nSPS) is 12.8. The van der Waals surface area contributed by atoms with Crippen LogP contribution in [0.3, 0.4) is 0 Å². The lowest BCUT2D eigenvalue weighted by Gasteiger charge is -2.08. The molecule has 1 unspecified atom stereocenters. The Morgan fingerprint density at radius 3 is 2.54 bits per heavy atom. The first-order chi connectivity index (χ1) is 6.33. The zero-order chi connectivity index (χ0) is 9.52. The summed E-state index contributed by atoms with van der Waals surface area (Å²) >= 11 is 0. The lowest BCUT2D eigenvalue weighted by atomic mass is 10.1. The number of hydrogen-bond acceptors (Lipinski definition) is 1. The van der Waals surface area contributed by atoms with Crippen molar-refractivity contribution in [2.45, 2.75) is 32.2 Å². The summed E-state index contributed by atoms with van der Waals surface area (Å²) in [6.07, 6.45) is 3.73. The molecule has 0 aliphatic heterocycles. The molecule has 1 aromatic rings. The third-order valence-corrected chi connectivity index (χ3v) is 2.44. The Kier molecular flexibility index (Phi) is 4.55. The molecule has 0 saturated heterocycles. The summed E-state index contributed by atoms with van der Waals surface area (Å²) in [6.45, 7) is 2.23. The van der Waals surface area contributed by atoms with E-state index >= 15 is 0 Å². The Morgan fingerprint density at radius 1 is 1.23 bits per heavy atom. The highest BCUT2D eigenvalue weighted by Crippen LogP contribution is 2.05. The van der Waals surface area contributed by atoms with Crippen LogP contribution in [-0.4, -0.2) is 13.1 Å². The van der Waals surface area contributed by atoms with Crippen LogP contribution in [0.2, 0.25) is 0 Å². The first-order valence-corrected chi connectivity index (χ1v) is 5.04. The smallest absolute Gasteiger partial charge is 0.00358 e. The van der Waals surface area contributed by atoms with Gasteiger partial charge in [0.2, 0.25) is 0 Å². The molecule has 0 saturated carbocycles. The van der Waals surface area contributed by atoms with Gasteiger partial charge in [0.15, 0.2) is 0 Å². The molecule has 1 nitrogen and oxygen atoms in total. The number of hydrogen-bond donors (Lipinski definition) is 1. The largest absolute Gasteiger partial charge is 0.317 e. The molecule has 0 aliphatic carbocycles. The highest BCUT2D eigenvalue weighted by Gasteiger charge is 1.97. The molecule has 0 aliphatic rings. The average Bonchev–Trinajstić information content (AvgIpc) is 2.19. The minimum atomic E-state index is 0.642. The van der Waals surface area contributed by atoms with Crippen molar-refractivity contribution in [3.8, 4) is 0 Å². The average molecular weight is 177 g/mol. The first kappa shape index (κ1) is 10.3. The van der Waals surface area contributed by atoms with Gasteiger partial charge in [-0.3, -0.25) is 0 Å². The summed E-state index contributed by atoms with van der Waals surface area (Å²) in [5.41, 5.74) is 1.45. The molecule has 1 rings (SSSR count). The SMILES string of the molecule is CNC(C)CCCc1ccccc1. The molecule has 1 heteroatoms. The van der Waals surface area contributed by atoms with Gasteiger partial charge in [-0.15, -0.1) is 0 Å². The second kappa shape index (κ2) is 5.76. The van der Waals surface area contributed by atoms with Crippen molar-refractivity contribution < 1.29 is 0 Å². The van der Waals surface area contributed by atoms with Crippen LogP contribution in [0.5, 0.6) is 0 Å². The highest BCUT2D eigenvalue weighted by atomic mass is 14.8. The number of aryl methyl sites for hydroxylation is 1. The maximum atomic E-state index is 3.25. The van der Waals surface area contributed by atoms with Crippen LogP contribution in [0, 0.1) is 0 Å². The maximum absolute atomic E-state index is 3.25. The van der Waals surface area contributed by atoms with Gasteiger partial charge in [-0.1, -0.05) is 30.3 Å². The molecule has 0 heterocycles. The van der Waals surface area contributed by atoms with Crippen molar-refractivity contribution in [2.75, 3.05) is 7.05 Å². The van der Waals surface area contributed by atoms with Gasteiger partial charge in [-0.25, -0.2) is 0 Å². The fourth-order valence-corrected chi connectivity index (χ4v) is 1.40. The number of rotatable bonds is 5. The van der Waals surface area contributed by atoms with Crippen molar-refractivity contribution in [3.63, 3.8) is 0 Å². The van der Waals surface area contributed by atoms with E-state index in [1.165, 1.54) is 24.8 Å². The zero-order valence-corrected chi connectivity index (χ0v) is 8.59. The minimum Gasteiger partial charge on any atom is -0.317 e. The van der Waals surface area contributed by atoms with Crippen LogP contribution in [0.25, 0.3) is 0 Å². The lowest BCUT2D eigenvalue weighted by molar-refractivity contribution is 0.542. The molecule has 1 atom stereocenters. The van der Waals surface area contributed by atoms with E-state index in [4.69, 9.17) is 0 Å². The van der Waals surface area contributed by atoms with Crippen LogP contribution in [0.1, 0.15) is 25.3 Å². The van der Waals surface area contributed by atoms with E-state index < -0.39 is 0 Å². The Bertz CT molecular complexity index is 218. The minimum absolute atomic E-state index is 0.642. The molecule has 72 valence electrons. The van der Waals surface area contributed by atoms with Crippen molar-refractivity contribution in [1.82, 2.24) is 5.32 Å². The van der Waals surface area contributed by atoms with Crippen LogP contribution in [0.15, 0.2) is 30.3 Å². The molecule has 0 aromatic heterocycles. The van der Waals surface area contributed by atoms with Crippen LogP contribution in [-0.2, 0) is 6.42 Å². The van der Waals surface area contributed by atoms with Crippen LogP contribution >= 0.6 is 0 Å². The molecule has 0 fully saturated rings. The highest BCUT2D eigenvalue weighted by molar-refractivity contribution is 5.14. The lowest BCUT2D eigenvalue weighted by Crippen LogP contribution is -2.20. The van der Waals surface area contributed by atoms with Gasteiger partial charge < -0.3 is 5.32 Å². The van der Waals surface area contributed by atoms with Crippen molar-refractivity contribution in [3.05, 3.63) is 35.9 Å². The monoisotopic (exact) mass is 177 g/mol. The van der Waals surface area contributed by atoms with Crippen molar-refractivity contribution >= 4 is 0 Å². The summed E-state index contributed by atoms with van der Waals surface area (Å²) in [7, 11) is 2.02. The third-order valence-electron chi connectivity index (χ3n) is 2.44. The van der Waals surface area contributed by atoms with Gasteiger partial charge in [0.05, 0.1) is 0 Å². The van der Waals surface area contributed by atoms with Gasteiger partial charge in [0.1, 0.15) is 0 Å². The molecular formula is C12H19N. The van der Waals surface area contributed by atoms with Gasteiger partial charge in [-0.05, 0) is 38.8 Å². The maximum Gasteiger partial charge on any atom is 0.00358 e. The Morgan fingerprint density at radius 2 is 1.92 bits per heavy atom. The van der Waals surface area contributed by atoms with Gasteiger partial charge in [0, 0.05) is 6.04 Å². The number of benzene rings is 1. The van der Waals surface area contributed by atoms with E-state index in [9.17, 15) is 0 Å². The summed E-state index contributed by atoms with van der Waals surface area (Å²) in [4.78, 5) is 0. The topological polar surface area (TPSA) is 12.0 Å². The summed E-state index contributed by atoms with van der Waals surface area (Å²) in [6, 6.07) is 11.3. The molecule has 1 N–H and O–H groups in total. The predicted octanol–water partition coefficient (Wildman–Crippen LogP) is 2.62. The van der Waals surface area contributed by atoms with E-state index in [1.807, 2.05) is 7.05 Å². The molecular weight excluding hydrogens is 158 g/mol. The van der Waals surface area contributed by atoms with Gasteiger partial charge >= 0.3 is 0 Å². The van der Waals surface area contributed by atoms with E-state index in [1.54, 1.807) is 0 Å². The van der Waals surface area contributed by atoms with Crippen molar-refractivity contribution in [2.24, 2.45) is 0 Å². The molecule has 0 spiro atoms. The summed E-state index contributed by atoms with van der Waals surface area (Å²) < 4.78 is 0. The number of nitrogens with one attached hydrogen (secondary N) is 1. The molecule has 13 heavy (non-hydrogen) atoms. The first-order valence-electron chi connectivity index (χ1n) is 5.04. The third kappa shape index (κ3) is 4.09.